The van der Waals surface area contributed by atoms with Gasteiger partial charge in [-0.05, 0) is 76.6 Å². The van der Waals surface area contributed by atoms with Crippen molar-refractivity contribution in [3.8, 4) is 11.5 Å². The predicted molar refractivity (Wildman–Crippen MR) is 156 cm³/mol. The Labute approximate surface area is 250 Å². The summed E-state index contributed by atoms with van der Waals surface area (Å²) in [5.41, 5.74) is 3.11. The lowest BCUT2D eigenvalue weighted by Gasteiger charge is -2.50. The van der Waals surface area contributed by atoms with Gasteiger partial charge in [0.15, 0.2) is 11.4 Å². The lowest BCUT2D eigenvalue weighted by molar-refractivity contribution is -0.153. The average molecular weight is 596 g/mol. The van der Waals surface area contributed by atoms with Crippen LogP contribution >= 0.6 is 0 Å². The Kier molecular flexibility index (Phi) is 7.14. The molecule has 0 spiro atoms. The fourth-order valence-corrected chi connectivity index (χ4v) is 9.07. The fraction of sp³-hybridized carbons (Fsp3) is 0.594. The van der Waals surface area contributed by atoms with Crippen molar-refractivity contribution in [2.45, 2.75) is 69.7 Å². The van der Waals surface area contributed by atoms with Crippen molar-refractivity contribution in [1.29, 1.82) is 0 Å². The zero-order valence-electron chi connectivity index (χ0n) is 25.1. The second kappa shape index (κ2) is 10.3. The Morgan fingerprint density at radius 1 is 1.14 bits per heavy atom. The Hall–Kier alpha value is -3.41. The summed E-state index contributed by atoms with van der Waals surface area (Å²) >= 11 is 0. The molecule has 5 aliphatic carbocycles. The van der Waals surface area contributed by atoms with E-state index in [2.05, 4.69) is 11.8 Å². The number of hydrogen-bond acceptors (Lipinski definition) is 10. The minimum atomic E-state index is -2.66. The summed E-state index contributed by atoms with van der Waals surface area (Å²) in [6.45, 7) is 3.53. The summed E-state index contributed by atoms with van der Waals surface area (Å²) < 4.78 is 5.92. The molecule has 3 fully saturated rings. The van der Waals surface area contributed by atoms with Gasteiger partial charge in [-0.1, -0.05) is 13.3 Å². The van der Waals surface area contributed by atoms with E-state index in [1.54, 1.807) is 27.3 Å². The number of carbonyl (C=O) groups excluding carboxylic acids is 3. The normalized spacial score (nSPS) is 33.3. The molecule has 11 nitrogen and oxygen atoms in total. The fourth-order valence-electron chi connectivity index (χ4n) is 9.07. The number of aliphatic hydroxyl groups excluding tert-OH is 2. The van der Waals surface area contributed by atoms with Gasteiger partial charge in [0, 0.05) is 35.2 Å². The van der Waals surface area contributed by atoms with Crippen LogP contribution in [0.3, 0.4) is 0 Å². The maximum Gasteiger partial charge on any atom is 0.255 e. The van der Waals surface area contributed by atoms with Gasteiger partial charge in [-0.3, -0.25) is 24.2 Å². The molecule has 11 heteroatoms. The van der Waals surface area contributed by atoms with Crippen LogP contribution in [-0.2, 0) is 27.3 Å². The van der Waals surface area contributed by atoms with Gasteiger partial charge in [-0.25, -0.2) is 0 Å². The molecule has 0 radical (unpaired) electrons. The van der Waals surface area contributed by atoms with Crippen LogP contribution in [0.25, 0.3) is 5.76 Å². The topological polar surface area (TPSA) is 174 Å². The Bertz CT molecular complexity index is 1480. The van der Waals surface area contributed by atoms with Gasteiger partial charge in [0.25, 0.3) is 5.91 Å². The molecule has 43 heavy (non-hydrogen) atoms. The van der Waals surface area contributed by atoms with Gasteiger partial charge in [-0.2, -0.15) is 0 Å². The van der Waals surface area contributed by atoms with Crippen LogP contribution in [0, 0.1) is 23.7 Å². The van der Waals surface area contributed by atoms with Gasteiger partial charge >= 0.3 is 0 Å². The third-order valence-electron chi connectivity index (χ3n) is 10.9. The number of benzene rings is 1. The molecule has 7 atom stereocenters. The first kappa shape index (κ1) is 29.7. The van der Waals surface area contributed by atoms with Crippen molar-refractivity contribution in [3.63, 3.8) is 0 Å². The highest BCUT2D eigenvalue weighted by atomic mass is 16.5. The largest absolute Gasteiger partial charge is 0.508 e. The van der Waals surface area contributed by atoms with E-state index < -0.39 is 58.0 Å². The Morgan fingerprint density at radius 2 is 1.86 bits per heavy atom. The summed E-state index contributed by atoms with van der Waals surface area (Å²) in [5.74, 6) is -4.69. The third kappa shape index (κ3) is 4.15. The van der Waals surface area contributed by atoms with Gasteiger partial charge < -0.3 is 30.9 Å². The number of likely N-dealkylation sites (N-methyl/N-ethyl adjacent to an activating group) is 1. The number of methoxy groups -OCH3 is 1. The number of phenols is 1. The Balaban J connectivity index is 1.44. The van der Waals surface area contributed by atoms with Crippen LogP contribution in [0.1, 0.15) is 55.7 Å². The number of hydrogen-bond donors (Lipinski definition) is 5. The quantitative estimate of drug-likeness (QED) is 0.293. The molecule has 0 heterocycles. The molecule has 6 rings (SSSR count). The van der Waals surface area contributed by atoms with E-state index in [0.717, 1.165) is 18.0 Å². The van der Waals surface area contributed by atoms with E-state index in [9.17, 15) is 34.8 Å². The van der Waals surface area contributed by atoms with Crippen LogP contribution in [0.2, 0.25) is 0 Å². The minimum absolute atomic E-state index is 0.0339. The zero-order valence-corrected chi connectivity index (χ0v) is 25.1. The van der Waals surface area contributed by atoms with E-state index in [1.807, 2.05) is 0 Å². The molecule has 3 saturated carbocycles. The van der Waals surface area contributed by atoms with Gasteiger partial charge in [0.2, 0.25) is 5.78 Å². The number of rotatable bonds is 7. The average Bonchev–Trinajstić information content (AvgIpc) is 3.57. The van der Waals surface area contributed by atoms with E-state index in [4.69, 9.17) is 10.5 Å². The highest BCUT2D eigenvalue weighted by Crippen LogP contribution is 2.54. The first-order chi connectivity index (χ1) is 20.3. The molecule has 0 aromatic heterocycles. The number of carbonyl (C=O) groups is 3. The first-order valence-corrected chi connectivity index (χ1v) is 15.1. The smallest absolute Gasteiger partial charge is 0.255 e. The van der Waals surface area contributed by atoms with E-state index in [0.29, 0.717) is 29.8 Å². The summed E-state index contributed by atoms with van der Waals surface area (Å²) in [7, 11) is 4.70. The molecule has 2 bridgehead atoms. The molecule has 0 aliphatic heterocycles. The molecule has 2 unspecified atom stereocenters. The zero-order chi connectivity index (χ0) is 31.1. The molecule has 5 aliphatic rings. The van der Waals surface area contributed by atoms with Crippen molar-refractivity contribution in [1.82, 2.24) is 9.80 Å². The van der Waals surface area contributed by atoms with Crippen LogP contribution in [0.4, 0.5) is 0 Å². The van der Waals surface area contributed by atoms with Crippen LogP contribution in [0.5, 0.6) is 11.5 Å². The summed E-state index contributed by atoms with van der Waals surface area (Å²) in [4.78, 5) is 43.5. The lowest BCUT2D eigenvalue weighted by atomic mass is 9.57. The van der Waals surface area contributed by atoms with Crippen molar-refractivity contribution >= 4 is 23.2 Å². The van der Waals surface area contributed by atoms with Gasteiger partial charge in [-0.15, -0.1) is 0 Å². The van der Waals surface area contributed by atoms with Crippen LogP contribution in [0.15, 0.2) is 23.0 Å². The van der Waals surface area contributed by atoms with Crippen LogP contribution < -0.4 is 10.5 Å². The maximum absolute atomic E-state index is 14.1. The van der Waals surface area contributed by atoms with Crippen molar-refractivity contribution in [2.75, 3.05) is 27.7 Å². The third-order valence-corrected chi connectivity index (χ3v) is 10.9. The second-order valence-corrected chi connectivity index (χ2v) is 13.2. The predicted octanol–water partition coefficient (Wildman–Crippen LogP) is 1.98. The van der Waals surface area contributed by atoms with Crippen LogP contribution in [-0.4, -0.2) is 93.1 Å². The number of primary amides is 1. The van der Waals surface area contributed by atoms with Crippen molar-refractivity contribution in [3.05, 3.63) is 39.7 Å². The number of aromatic hydroxyl groups is 1. The number of ether oxygens (including phenoxy) is 1. The number of nitrogens with two attached hydrogens (primary N) is 1. The molecule has 0 saturated heterocycles. The highest BCUT2D eigenvalue weighted by molar-refractivity contribution is 6.24. The van der Waals surface area contributed by atoms with E-state index in [1.165, 1.54) is 30.6 Å². The standard InChI is InChI=1S/C32H41N3O8/c1-5-35(20-9-14-6-7-15(20)8-14)13-17-12-21(36)23-18(28(17)43-4)10-16-11-19-25(34(2)3)27(38)24(31(33)41)30(40)32(19,42)29(39)22(16)26(23)37/h12,14-16,19-20,25,36-37,40,42H,5-11,13H2,1-4H3,(H2,33,41)/t14?,15?,16-,19-,20+,25-,32-/m0/s1. The number of nitrogens with zero attached hydrogens (tertiary/aromatic N) is 2. The van der Waals surface area contributed by atoms with Crippen molar-refractivity contribution in [2.24, 2.45) is 29.4 Å². The second-order valence-electron chi connectivity index (χ2n) is 13.2. The van der Waals surface area contributed by atoms with E-state index >= 15 is 0 Å². The molecular formula is C32H41N3O8. The first-order valence-electron chi connectivity index (χ1n) is 15.1. The molecule has 232 valence electrons. The maximum atomic E-state index is 14.1. The minimum Gasteiger partial charge on any atom is -0.508 e. The van der Waals surface area contributed by atoms with Gasteiger partial charge in [0.05, 0.1) is 18.7 Å². The van der Waals surface area contributed by atoms with Gasteiger partial charge in [0.1, 0.15) is 28.6 Å². The summed E-state index contributed by atoms with van der Waals surface area (Å²) in [6.07, 6.45) is 5.20. The number of Topliss-reactive ketones (excluding diaryl/α,β-unsaturated/α-hetero) is 2. The number of ketones is 2. The lowest BCUT2D eigenvalue weighted by Crippen LogP contribution is -2.65. The Morgan fingerprint density at radius 3 is 2.42 bits per heavy atom. The molecular weight excluding hydrogens is 554 g/mol. The molecule has 1 aromatic rings. The number of aliphatic hydroxyl groups is 3. The molecule has 1 amide bonds. The summed E-state index contributed by atoms with van der Waals surface area (Å²) in [6, 6.07) is 0.913. The number of fused-ring (bicyclic) bond motifs is 5. The summed E-state index contributed by atoms with van der Waals surface area (Å²) in [5, 5.41) is 45.6. The monoisotopic (exact) mass is 595 g/mol. The number of phenolic OH excluding ortho intramolecular Hbond substituents is 1. The molecule has 6 N–H and O–H groups in total. The van der Waals surface area contributed by atoms with E-state index in [-0.39, 0.29) is 29.7 Å². The SMILES string of the molecule is CCN(Cc1cc(O)c2c(c1OC)C[C@H]1C[C@H]3[C@H](N(C)C)C(=O)C(C(N)=O)=C(O)[C@@]3(O)C(=O)C1=C2O)[C@@H]1CC2CCC1C2. The van der Waals surface area contributed by atoms with Crippen molar-refractivity contribution < 1.29 is 39.5 Å². The molecule has 1 aromatic carbocycles. The highest BCUT2D eigenvalue weighted by Gasteiger charge is 2.64. The number of amides is 1.